The number of anilines is 1. The van der Waals surface area contributed by atoms with Gasteiger partial charge in [-0.05, 0) is 56.2 Å². The van der Waals surface area contributed by atoms with Gasteiger partial charge in [-0.1, -0.05) is 18.2 Å². The molecule has 0 N–H and O–H groups in total. The maximum atomic E-state index is 12.9. The Morgan fingerprint density at radius 3 is 2.34 bits per heavy atom. The maximum absolute atomic E-state index is 12.9. The van der Waals surface area contributed by atoms with Crippen molar-refractivity contribution in [1.29, 1.82) is 0 Å². The van der Waals surface area contributed by atoms with E-state index in [4.69, 9.17) is 4.74 Å². The third kappa shape index (κ3) is 4.04. The van der Waals surface area contributed by atoms with Gasteiger partial charge in [-0.2, -0.15) is 0 Å². The van der Waals surface area contributed by atoms with Gasteiger partial charge in [0, 0.05) is 25.8 Å². The third-order valence-electron chi connectivity index (χ3n) is 4.94. The van der Waals surface area contributed by atoms with Crippen LogP contribution in [0.5, 0.6) is 0 Å². The van der Waals surface area contributed by atoms with Crippen molar-refractivity contribution < 1.29 is 22.7 Å². The second-order valence-corrected chi connectivity index (χ2v) is 9.40. The Bertz CT molecular complexity index is 1030. The molecule has 0 spiro atoms. The number of sulfonamides is 1. The van der Waals surface area contributed by atoms with Crippen LogP contribution in [0.15, 0.2) is 53.4 Å². The zero-order valence-corrected chi connectivity index (χ0v) is 17.6. The Morgan fingerprint density at radius 1 is 1.10 bits per heavy atom. The van der Waals surface area contributed by atoms with Gasteiger partial charge in [0.2, 0.25) is 10.0 Å². The van der Waals surface area contributed by atoms with Crippen LogP contribution in [0.3, 0.4) is 0 Å². The molecule has 3 rings (SSSR count). The third-order valence-corrected chi connectivity index (χ3v) is 6.77. The average Bonchev–Trinajstić information content (AvgIpc) is 3.02. The Hall–Kier alpha value is -2.71. The van der Waals surface area contributed by atoms with Crippen LogP contribution in [0.4, 0.5) is 5.69 Å². The number of esters is 1. The Labute approximate surface area is 170 Å². The topological polar surface area (TPSA) is 84.0 Å². The van der Waals surface area contributed by atoms with E-state index in [-0.39, 0.29) is 22.4 Å². The first kappa shape index (κ1) is 21.0. The van der Waals surface area contributed by atoms with Gasteiger partial charge < -0.3 is 9.64 Å². The molecule has 1 amide bonds. The number of carbonyl (C=O) groups excluding carboxylic acids is 2. The molecule has 0 saturated heterocycles. The summed E-state index contributed by atoms with van der Waals surface area (Å²) in [6.07, 6.45) is -0.217. The Balaban J connectivity index is 1.72. The van der Waals surface area contributed by atoms with Crippen LogP contribution in [0.1, 0.15) is 29.8 Å². The zero-order valence-electron chi connectivity index (χ0n) is 16.8. The Morgan fingerprint density at radius 2 is 1.72 bits per heavy atom. The van der Waals surface area contributed by atoms with Gasteiger partial charge in [-0.25, -0.2) is 17.5 Å². The van der Waals surface area contributed by atoms with Gasteiger partial charge >= 0.3 is 5.97 Å². The molecule has 1 heterocycles. The number of nitrogens with zero attached hydrogens (tertiary/aromatic N) is 2. The minimum absolute atomic E-state index is 0.0171. The standard InChI is InChI=1S/C21H24N2O5S/c1-14-13-17-7-5-6-8-19(17)23(14)20(24)15(2)28-21(25)16-9-11-18(12-10-16)29(26,27)22(3)4/h5-12,14-15H,13H2,1-4H3/t14-,15+/m0/s1. The SMILES string of the molecule is C[C@@H](OC(=O)c1ccc(S(=O)(=O)N(C)C)cc1)C(=O)N1c2ccccc2C[C@@H]1C. The van der Waals surface area contributed by atoms with E-state index in [1.807, 2.05) is 31.2 Å². The monoisotopic (exact) mass is 416 g/mol. The fourth-order valence-corrected chi connectivity index (χ4v) is 4.25. The summed E-state index contributed by atoms with van der Waals surface area (Å²) in [4.78, 5) is 27.1. The van der Waals surface area contributed by atoms with Crippen LogP contribution in [0.2, 0.25) is 0 Å². The summed E-state index contributed by atoms with van der Waals surface area (Å²) in [5.74, 6) is -0.970. The van der Waals surface area contributed by atoms with Crippen molar-refractivity contribution in [2.45, 2.75) is 37.3 Å². The molecule has 154 valence electrons. The van der Waals surface area contributed by atoms with Gasteiger partial charge in [0.25, 0.3) is 5.91 Å². The van der Waals surface area contributed by atoms with E-state index in [1.54, 1.807) is 11.8 Å². The van der Waals surface area contributed by atoms with Crippen LogP contribution in [0, 0.1) is 0 Å². The van der Waals surface area contributed by atoms with E-state index in [0.717, 1.165) is 22.0 Å². The molecule has 0 radical (unpaired) electrons. The highest BCUT2D eigenvalue weighted by Crippen LogP contribution is 2.32. The summed E-state index contributed by atoms with van der Waals surface area (Å²) in [6, 6.07) is 13.1. The second kappa shape index (κ2) is 7.96. The van der Waals surface area contributed by atoms with Crippen molar-refractivity contribution in [3.8, 4) is 0 Å². The molecule has 2 atom stereocenters. The van der Waals surface area contributed by atoms with Crippen LogP contribution in [-0.4, -0.2) is 50.8 Å². The first-order valence-electron chi connectivity index (χ1n) is 9.27. The number of para-hydroxylation sites is 1. The lowest BCUT2D eigenvalue weighted by molar-refractivity contribution is -0.126. The molecule has 0 aromatic heterocycles. The van der Waals surface area contributed by atoms with Crippen molar-refractivity contribution in [2.24, 2.45) is 0 Å². The van der Waals surface area contributed by atoms with Crippen LogP contribution >= 0.6 is 0 Å². The molecule has 29 heavy (non-hydrogen) atoms. The Kier molecular flexibility index (Phi) is 5.77. The summed E-state index contributed by atoms with van der Waals surface area (Å²) in [6.45, 7) is 3.50. The first-order valence-corrected chi connectivity index (χ1v) is 10.7. The van der Waals surface area contributed by atoms with E-state index < -0.39 is 22.1 Å². The molecule has 0 fully saturated rings. The highest BCUT2D eigenvalue weighted by atomic mass is 32.2. The number of hydrogen-bond acceptors (Lipinski definition) is 5. The van der Waals surface area contributed by atoms with E-state index >= 15 is 0 Å². The fraction of sp³-hybridized carbons (Fsp3) is 0.333. The fourth-order valence-electron chi connectivity index (χ4n) is 3.35. The van der Waals surface area contributed by atoms with E-state index in [9.17, 15) is 18.0 Å². The zero-order chi connectivity index (χ0) is 21.3. The summed E-state index contributed by atoms with van der Waals surface area (Å²) in [7, 11) is -0.715. The van der Waals surface area contributed by atoms with Crippen LogP contribution < -0.4 is 4.90 Å². The maximum Gasteiger partial charge on any atom is 0.338 e. The highest BCUT2D eigenvalue weighted by Gasteiger charge is 2.34. The van der Waals surface area contributed by atoms with Crippen molar-refractivity contribution in [3.05, 3.63) is 59.7 Å². The highest BCUT2D eigenvalue weighted by molar-refractivity contribution is 7.89. The molecule has 1 aliphatic heterocycles. The van der Waals surface area contributed by atoms with Gasteiger partial charge in [0.15, 0.2) is 6.10 Å². The smallest absolute Gasteiger partial charge is 0.338 e. The number of benzene rings is 2. The summed E-state index contributed by atoms with van der Waals surface area (Å²) < 4.78 is 30.7. The minimum Gasteiger partial charge on any atom is -0.449 e. The molecule has 2 aromatic carbocycles. The number of ether oxygens (including phenoxy) is 1. The van der Waals surface area contributed by atoms with Gasteiger partial charge in [-0.15, -0.1) is 0 Å². The predicted molar refractivity (Wildman–Crippen MR) is 109 cm³/mol. The lowest BCUT2D eigenvalue weighted by atomic mass is 10.1. The lowest BCUT2D eigenvalue weighted by Gasteiger charge is -2.26. The average molecular weight is 416 g/mol. The summed E-state index contributed by atoms with van der Waals surface area (Å²) in [5, 5.41) is 0. The molecule has 1 aliphatic rings. The summed E-state index contributed by atoms with van der Waals surface area (Å²) in [5.41, 5.74) is 2.10. The minimum atomic E-state index is -3.58. The van der Waals surface area contributed by atoms with Crippen molar-refractivity contribution >= 4 is 27.6 Å². The molecule has 0 unspecified atom stereocenters. The van der Waals surface area contributed by atoms with E-state index in [0.29, 0.717) is 0 Å². The van der Waals surface area contributed by atoms with Gasteiger partial charge in [0.05, 0.1) is 10.5 Å². The van der Waals surface area contributed by atoms with E-state index in [1.165, 1.54) is 38.4 Å². The first-order chi connectivity index (χ1) is 13.6. The summed E-state index contributed by atoms with van der Waals surface area (Å²) >= 11 is 0. The van der Waals surface area contributed by atoms with E-state index in [2.05, 4.69) is 0 Å². The molecular weight excluding hydrogens is 392 g/mol. The van der Waals surface area contributed by atoms with Gasteiger partial charge in [-0.3, -0.25) is 4.79 Å². The molecule has 8 heteroatoms. The number of rotatable bonds is 5. The van der Waals surface area contributed by atoms with Gasteiger partial charge in [0.1, 0.15) is 0 Å². The molecule has 0 saturated carbocycles. The van der Waals surface area contributed by atoms with Crippen molar-refractivity contribution in [1.82, 2.24) is 4.31 Å². The predicted octanol–water partition coefficient (Wildman–Crippen LogP) is 2.46. The number of hydrogen-bond donors (Lipinski definition) is 0. The van der Waals surface area contributed by atoms with Crippen molar-refractivity contribution in [3.63, 3.8) is 0 Å². The molecule has 7 nitrogen and oxygen atoms in total. The quantitative estimate of drug-likeness (QED) is 0.699. The number of amides is 1. The number of fused-ring (bicyclic) bond motifs is 1. The van der Waals surface area contributed by atoms with Crippen molar-refractivity contribution in [2.75, 3.05) is 19.0 Å². The normalized spacial score (nSPS) is 17.1. The lowest BCUT2D eigenvalue weighted by Crippen LogP contribution is -2.43. The largest absolute Gasteiger partial charge is 0.449 e. The molecule has 2 aromatic rings. The van der Waals surface area contributed by atoms with Crippen LogP contribution in [0.25, 0.3) is 0 Å². The molecule has 0 bridgehead atoms. The molecule has 0 aliphatic carbocycles. The van der Waals surface area contributed by atoms with Crippen LogP contribution in [-0.2, 0) is 26.0 Å². The number of carbonyl (C=O) groups is 2. The second-order valence-electron chi connectivity index (χ2n) is 7.25. The molecular formula is C21H24N2O5S.